The van der Waals surface area contributed by atoms with Crippen molar-refractivity contribution >= 4 is 35.2 Å². The van der Waals surface area contributed by atoms with Crippen LogP contribution in [0, 0.1) is 0 Å². The van der Waals surface area contributed by atoms with Crippen molar-refractivity contribution < 1.29 is 23.9 Å². The summed E-state index contributed by atoms with van der Waals surface area (Å²) in [6.45, 7) is -0.563. The Bertz CT molecular complexity index is 565. The highest BCUT2D eigenvalue weighted by Gasteiger charge is 2.10. The number of ether oxygens (including phenoxy) is 2. The third kappa shape index (κ3) is 5.88. The van der Waals surface area contributed by atoms with E-state index in [0.29, 0.717) is 16.5 Å². The van der Waals surface area contributed by atoms with E-state index in [2.05, 4.69) is 20.7 Å². The normalized spacial score (nSPS) is 9.59. The number of carbonyl (C=O) groups is 3. The van der Waals surface area contributed by atoms with Gasteiger partial charge in [0.2, 0.25) is 5.91 Å². The second-order valence-corrected chi connectivity index (χ2v) is 4.44. The second kappa shape index (κ2) is 8.73. The van der Waals surface area contributed by atoms with E-state index in [1.165, 1.54) is 20.3 Å². The molecular formula is C13H16ClN3O5. The number of halogens is 1. The van der Waals surface area contributed by atoms with Crippen LogP contribution in [0.4, 0.5) is 10.5 Å². The summed E-state index contributed by atoms with van der Waals surface area (Å²) < 4.78 is 9.43. The zero-order valence-electron chi connectivity index (χ0n) is 12.1. The predicted octanol–water partition coefficient (Wildman–Crippen LogP) is 0.759. The fourth-order valence-corrected chi connectivity index (χ4v) is 1.58. The van der Waals surface area contributed by atoms with Gasteiger partial charge in [-0.3, -0.25) is 9.59 Å². The topological polar surface area (TPSA) is 106 Å². The van der Waals surface area contributed by atoms with Crippen molar-refractivity contribution in [1.29, 1.82) is 0 Å². The van der Waals surface area contributed by atoms with Gasteiger partial charge in [-0.25, -0.2) is 4.79 Å². The number of carbonyl (C=O) groups excluding carboxylic acids is 3. The molecule has 3 amide bonds. The molecule has 1 aromatic carbocycles. The molecule has 0 saturated carbocycles. The van der Waals surface area contributed by atoms with E-state index in [1.54, 1.807) is 12.1 Å². The van der Waals surface area contributed by atoms with Gasteiger partial charge in [-0.05, 0) is 18.2 Å². The zero-order chi connectivity index (χ0) is 16.5. The van der Waals surface area contributed by atoms with Gasteiger partial charge in [-0.1, -0.05) is 11.6 Å². The lowest BCUT2D eigenvalue weighted by atomic mass is 10.3. The molecule has 0 fully saturated rings. The van der Waals surface area contributed by atoms with Crippen molar-refractivity contribution in [2.75, 3.05) is 32.6 Å². The van der Waals surface area contributed by atoms with E-state index in [0.717, 1.165) is 0 Å². The molecule has 3 N–H and O–H groups in total. The van der Waals surface area contributed by atoms with E-state index in [1.807, 2.05) is 0 Å². The number of hydrogen-bond donors (Lipinski definition) is 3. The number of benzene rings is 1. The van der Waals surface area contributed by atoms with Gasteiger partial charge in [0.1, 0.15) is 12.3 Å². The molecule has 0 aliphatic carbocycles. The number of methoxy groups -OCH3 is 2. The Morgan fingerprint density at radius 2 is 1.86 bits per heavy atom. The average molecular weight is 330 g/mol. The van der Waals surface area contributed by atoms with Crippen LogP contribution in [-0.2, 0) is 14.3 Å². The van der Waals surface area contributed by atoms with E-state index in [-0.39, 0.29) is 13.1 Å². The van der Waals surface area contributed by atoms with Gasteiger partial charge in [0, 0.05) is 5.02 Å². The Balaban J connectivity index is 2.45. The molecule has 1 rings (SSSR count). The monoisotopic (exact) mass is 329 g/mol. The van der Waals surface area contributed by atoms with E-state index in [9.17, 15) is 14.4 Å². The number of amides is 3. The van der Waals surface area contributed by atoms with E-state index >= 15 is 0 Å². The Kier molecular flexibility index (Phi) is 6.97. The summed E-state index contributed by atoms with van der Waals surface area (Å²) in [5.74, 6) is -0.685. The summed E-state index contributed by atoms with van der Waals surface area (Å²) in [5, 5.41) is 7.54. The summed E-state index contributed by atoms with van der Waals surface area (Å²) in [4.78, 5) is 33.9. The molecule has 0 radical (unpaired) electrons. The molecule has 9 heteroatoms. The number of rotatable bonds is 6. The van der Waals surface area contributed by atoms with Crippen molar-refractivity contribution in [3.63, 3.8) is 0 Å². The SMILES string of the molecule is COC(=O)CNC(=O)CNC(=O)Nc1cc(Cl)ccc1OC. The highest BCUT2D eigenvalue weighted by atomic mass is 35.5. The number of anilines is 1. The van der Waals surface area contributed by atoms with Crippen LogP contribution in [0.3, 0.4) is 0 Å². The first-order valence-corrected chi connectivity index (χ1v) is 6.56. The highest BCUT2D eigenvalue weighted by molar-refractivity contribution is 6.31. The van der Waals surface area contributed by atoms with Crippen molar-refractivity contribution in [3.8, 4) is 5.75 Å². The molecule has 0 bridgehead atoms. The largest absolute Gasteiger partial charge is 0.495 e. The number of hydrogen-bond acceptors (Lipinski definition) is 5. The van der Waals surface area contributed by atoms with Crippen LogP contribution in [0.1, 0.15) is 0 Å². The van der Waals surface area contributed by atoms with Gasteiger partial charge in [0.05, 0.1) is 26.5 Å². The fourth-order valence-electron chi connectivity index (χ4n) is 1.41. The lowest BCUT2D eigenvalue weighted by Crippen LogP contribution is -2.40. The highest BCUT2D eigenvalue weighted by Crippen LogP contribution is 2.27. The Labute approximate surface area is 132 Å². The summed E-state index contributed by atoms with van der Waals surface area (Å²) >= 11 is 5.83. The zero-order valence-corrected chi connectivity index (χ0v) is 12.8. The predicted molar refractivity (Wildman–Crippen MR) is 80.1 cm³/mol. The van der Waals surface area contributed by atoms with Crippen LogP contribution >= 0.6 is 11.6 Å². The van der Waals surface area contributed by atoms with Gasteiger partial charge in [0.25, 0.3) is 0 Å². The van der Waals surface area contributed by atoms with Crippen molar-refractivity contribution in [1.82, 2.24) is 10.6 Å². The Morgan fingerprint density at radius 1 is 1.14 bits per heavy atom. The molecule has 22 heavy (non-hydrogen) atoms. The first-order chi connectivity index (χ1) is 10.5. The maximum absolute atomic E-state index is 11.7. The summed E-state index contributed by atoms with van der Waals surface area (Å²) in [5.41, 5.74) is 0.363. The van der Waals surface area contributed by atoms with Crippen LogP contribution in [0.25, 0.3) is 0 Å². The summed E-state index contributed by atoms with van der Waals surface area (Å²) in [6, 6.07) is 4.11. The fraction of sp³-hybridized carbons (Fsp3) is 0.308. The minimum absolute atomic E-state index is 0.263. The van der Waals surface area contributed by atoms with Gasteiger partial charge in [-0.2, -0.15) is 0 Å². The molecule has 8 nitrogen and oxygen atoms in total. The molecule has 0 aliphatic rings. The lowest BCUT2D eigenvalue weighted by Gasteiger charge is -2.11. The van der Waals surface area contributed by atoms with Crippen molar-refractivity contribution in [2.24, 2.45) is 0 Å². The van der Waals surface area contributed by atoms with Crippen LogP contribution in [0.2, 0.25) is 5.02 Å². The Morgan fingerprint density at radius 3 is 2.50 bits per heavy atom. The third-order valence-corrected chi connectivity index (χ3v) is 2.71. The van der Waals surface area contributed by atoms with Gasteiger partial charge < -0.3 is 25.4 Å². The average Bonchev–Trinajstić information content (AvgIpc) is 2.50. The Hall–Kier alpha value is -2.48. The van der Waals surface area contributed by atoms with E-state index in [4.69, 9.17) is 16.3 Å². The molecular weight excluding hydrogens is 314 g/mol. The maximum Gasteiger partial charge on any atom is 0.325 e. The first kappa shape index (κ1) is 17.6. The minimum Gasteiger partial charge on any atom is -0.495 e. The summed E-state index contributed by atoms with van der Waals surface area (Å²) in [7, 11) is 2.66. The van der Waals surface area contributed by atoms with Crippen LogP contribution in [0.5, 0.6) is 5.75 Å². The molecule has 0 saturated heterocycles. The smallest absolute Gasteiger partial charge is 0.325 e. The second-order valence-electron chi connectivity index (χ2n) is 4.01. The first-order valence-electron chi connectivity index (χ1n) is 6.18. The van der Waals surface area contributed by atoms with Gasteiger partial charge in [-0.15, -0.1) is 0 Å². The third-order valence-electron chi connectivity index (χ3n) is 2.48. The molecule has 0 aromatic heterocycles. The molecule has 120 valence electrons. The molecule has 0 aliphatic heterocycles. The van der Waals surface area contributed by atoms with Crippen molar-refractivity contribution in [2.45, 2.75) is 0 Å². The van der Waals surface area contributed by atoms with Crippen LogP contribution < -0.4 is 20.7 Å². The van der Waals surface area contributed by atoms with Gasteiger partial charge in [0.15, 0.2) is 0 Å². The van der Waals surface area contributed by atoms with Crippen LogP contribution in [0.15, 0.2) is 18.2 Å². The number of esters is 1. The number of urea groups is 1. The van der Waals surface area contributed by atoms with Crippen LogP contribution in [-0.4, -0.2) is 45.2 Å². The molecule has 0 unspecified atom stereocenters. The number of nitrogens with one attached hydrogen (secondary N) is 3. The lowest BCUT2D eigenvalue weighted by molar-refractivity contribution is -0.141. The maximum atomic E-state index is 11.7. The molecule has 0 heterocycles. The summed E-state index contributed by atoms with van der Waals surface area (Å²) in [6.07, 6.45) is 0. The minimum atomic E-state index is -0.617. The quantitative estimate of drug-likeness (QED) is 0.668. The molecule has 0 spiro atoms. The molecule has 0 atom stereocenters. The van der Waals surface area contributed by atoms with Crippen molar-refractivity contribution in [3.05, 3.63) is 23.2 Å². The van der Waals surface area contributed by atoms with Gasteiger partial charge >= 0.3 is 12.0 Å². The van der Waals surface area contributed by atoms with E-state index < -0.39 is 17.9 Å². The molecule has 1 aromatic rings. The standard InChI is InChI=1S/C13H16ClN3O5/c1-21-10-4-3-8(14)5-9(10)17-13(20)16-6-11(18)15-7-12(19)22-2/h3-5H,6-7H2,1-2H3,(H,15,18)(H2,16,17,20).